The lowest BCUT2D eigenvalue weighted by molar-refractivity contribution is 0.374. The number of alkyl halides is 1. The Balaban J connectivity index is 2.38. The molecule has 0 bridgehead atoms. The number of hydrogen-bond donors (Lipinski definition) is 1. The monoisotopic (exact) mass is 217 g/mol. The van der Waals surface area contributed by atoms with E-state index in [2.05, 4.69) is 4.98 Å². The first kappa shape index (κ1) is 10.6. The van der Waals surface area contributed by atoms with Gasteiger partial charge in [-0.3, -0.25) is 4.79 Å². The van der Waals surface area contributed by atoms with Crippen LogP contribution in [-0.2, 0) is 0 Å². The molecule has 1 atom stereocenters. The van der Waals surface area contributed by atoms with Crippen molar-refractivity contribution < 1.29 is 4.39 Å². The van der Waals surface area contributed by atoms with Gasteiger partial charge in [0.25, 0.3) is 0 Å². The number of H-pyrrole nitrogens is 1. The quantitative estimate of drug-likeness (QED) is 0.823. The first-order valence-electron chi connectivity index (χ1n) is 5.10. The number of benzene rings is 1. The summed E-state index contributed by atoms with van der Waals surface area (Å²) in [5.74, 6) is 0. The number of nitrogens with one attached hydrogen (secondary N) is 1. The van der Waals surface area contributed by atoms with E-state index in [1.54, 1.807) is 18.3 Å². The second-order valence-corrected chi connectivity index (χ2v) is 3.68. The summed E-state index contributed by atoms with van der Waals surface area (Å²) in [4.78, 5) is 13.7. The fourth-order valence-corrected chi connectivity index (χ4v) is 1.56. The van der Waals surface area contributed by atoms with Gasteiger partial charge in [0.2, 0.25) is 5.56 Å². The molecule has 2 aromatic rings. The minimum Gasteiger partial charge on any atom is -0.329 e. The van der Waals surface area contributed by atoms with Crippen molar-refractivity contribution in [2.45, 2.75) is 13.1 Å². The summed E-state index contributed by atoms with van der Waals surface area (Å²) in [6, 6.07) is 10.5. The zero-order valence-corrected chi connectivity index (χ0v) is 8.91. The maximum absolute atomic E-state index is 13.0. The molecular weight excluding hydrogens is 205 g/mol. The molecule has 0 saturated heterocycles. The Morgan fingerprint density at radius 3 is 2.38 bits per heavy atom. The number of halogens is 1. The maximum Gasteiger partial charge on any atom is 0.248 e. The van der Waals surface area contributed by atoms with Crippen molar-refractivity contribution in [2.75, 3.05) is 0 Å². The van der Waals surface area contributed by atoms with Crippen LogP contribution in [0.15, 0.2) is 47.4 Å². The van der Waals surface area contributed by atoms with Crippen LogP contribution in [0.2, 0.25) is 0 Å². The molecule has 0 aliphatic rings. The van der Waals surface area contributed by atoms with E-state index in [-0.39, 0.29) is 5.56 Å². The number of aromatic nitrogens is 1. The van der Waals surface area contributed by atoms with Gasteiger partial charge < -0.3 is 4.98 Å². The standard InChI is InChI=1S/C13H12FNO/c1-9(14)10-2-4-11(5-3-10)12-6-7-15-13(16)8-12/h2-9H,1H3,(H,15,16). The van der Waals surface area contributed by atoms with Gasteiger partial charge in [-0.2, -0.15) is 0 Å². The molecule has 0 saturated carbocycles. The minimum absolute atomic E-state index is 0.138. The van der Waals surface area contributed by atoms with E-state index in [1.807, 2.05) is 18.2 Å². The Labute approximate surface area is 92.8 Å². The predicted octanol–water partition coefficient (Wildman–Crippen LogP) is 3.07. The van der Waals surface area contributed by atoms with E-state index in [1.165, 1.54) is 13.0 Å². The van der Waals surface area contributed by atoms with Gasteiger partial charge in [-0.05, 0) is 29.7 Å². The van der Waals surface area contributed by atoms with Crippen LogP contribution in [0.25, 0.3) is 11.1 Å². The second kappa shape index (κ2) is 4.31. The third-order valence-corrected chi connectivity index (χ3v) is 2.48. The molecule has 1 heterocycles. The van der Waals surface area contributed by atoms with Crippen molar-refractivity contribution in [3.63, 3.8) is 0 Å². The van der Waals surface area contributed by atoms with Gasteiger partial charge in [0.05, 0.1) is 0 Å². The normalized spacial score (nSPS) is 12.4. The smallest absolute Gasteiger partial charge is 0.248 e. The molecule has 0 aliphatic heterocycles. The highest BCUT2D eigenvalue weighted by molar-refractivity contribution is 5.62. The Bertz CT molecular complexity index is 528. The first-order chi connectivity index (χ1) is 7.66. The molecule has 1 N–H and O–H groups in total. The molecule has 1 aromatic carbocycles. The Hall–Kier alpha value is -1.90. The van der Waals surface area contributed by atoms with E-state index in [0.29, 0.717) is 5.56 Å². The topological polar surface area (TPSA) is 32.9 Å². The summed E-state index contributed by atoms with van der Waals surface area (Å²) in [6.45, 7) is 1.50. The van der Waals surface area contributed by atoms with E-state index < -0.39 is 6.17 Å². The second-order valence-electron chi connectivity index (χ2n) is 3.68. The zero-order chi connectivity index (χ0) is 11.5. The third kappa shape index (κ3) is 2.19. The minimum atomic E-state index is -0.965. The maximum atomic E-state index is 13.0. The van der Waals surface area contributed by atoms with E-state index in [0.717, 1.165) is 11.1 Å². The summed E-state index contributed by atoms with van der Waals surface area (Å²) in [5, 5.41) is 0. The highest BCUT2D eigenvalue weighted by Crippen LogP contribution is 2.21. The van der Waals surface area contributed by atoms with Gasteiger partial charge in [-0.1, -0.05) is 24.3 Å². The average molecular weight is 217 g/mol. The summed E-state index contributed by atoms with van der Waals surface area (Å²) >= 11 is 0. The molecule has 2 rings (SSSR count). The molecule has 0 spiro atoms. The molecule has 0 aliphatic carbocycles. The third-order valence-electron chi connectivity index (χ3n) is 2.48. The lowest BCUT2D eigenvalue weighted by atomic mass is 10.0. The van der Waals surface area contributed by atoms with Crippen molar-refractivity contribution >= 4 is 0 Å². The molecule has 0 amide bonds. The number of rotatable bonds is 2. The predicted molar refractivity (Wildman–Crippen MR) is 62.0 cm³/mol. The Morgan fingerprint density at radius 1 is 1.12 bits per heavy atom. The van der Waals surface area contributed by atoms with Gasteiger partial charge in [0.1, 0.15) is 6.17 Å². The highest BCUT2D eigenvalue weighted by Gasteiger charge is 2.03. The van der Waals surface area contributed by atoms with Gasteiger partial charge in [0.15, 0.2) is 0 Å². The van der Waals surface area contributed by atoms with E-state index >= 15 is 0 Å². The van der Waals surface area contributed by atoms with Gasteiger partial charge in [-0.15, -0.1) is 0 Å². The lowest BCUT2D eigenvalue weighted by Crippen LogP contribution is -2.01. The molecule has 0 radical (unpaired) electrons. The van der Waals surface area contributed by atoms with Crippen molar-refractivity contribution in [1.82, 2.24) is 4.98 Å². The van der Waals surface area contributed by atoms with Crippen LogP contribution in [0, 0.1) is 0 Å². The molecule has 1 aromatic heterocycles. The average Bonchev–Trinajstić information content (AvgIpc) is 2.29. The van der Waals surface area contributed by atoms with Crippen LogP contribution >= 0.6 is 0 Å². The van der Waals surface area contributed by atoms with Crippen molar-refractivity contribution in [3.8, 4) is 11.1 Å². The fraction of sp³-hybridized carbons (Fsp3) is 0.154. The summed E-state index contributed by atoms with van der Waals surface area (Å²) in [5.41, 5.74) is 2.26. The zero-order valence-electron chi connectivity index (χ0n) is 8.91. The number of hydrogen-bond acceptors (Lipinski definition) is 1. The van der Waals surface area contributed by atoms with Crippen molar-refractivity contribution in [3.05, 3.63) is 58.5 Å². The van der Waals surface area contributed by atoms with Crippen LogP contribution in [0.4, 0.5) is 4.39 Å². The first-order valence-corrected chi connectivity index (χ1v) is 5.10. The van der Waals surface area contributed by atoms with Crippen LogP contribution < -0.4 is 5.56 Å². The summed E-state index contributed by atoms with van der Waals surface area (Å²) in [6.07, 6.45) is 0.636. The molecule has 0 fully saturated rings. The van der Waals surface area contributed by atoms with Crippen molar-refractivity contribution in [1.29, 1.82) is 0 Å². The van der Waals surface area contributed by atoms with Crippen LogP contribution in [0.1, 0.15) is 18.7 Å². The fourth-order valence-electron chi connectivity index (χ4n) is 1.56. The molecule has 82 valence electrons. The molecule has 16 heavy (non-hydrogen) atoms. The Kier molecular flexibility index (Phi) is 2.86. The Morgan fingerprint density at radius 2 is 1.81 bits per heavy atom. The van der Waals surface area contributed by atoms with Crippen LogP contribution in [0.5, 0.6) is 0 Å². The summed E-state index contributed by atoms with van der Waals surface area (Å²) < 4.78 is 13.0. The van der Waals surface area contributed by atoms with Crippen LogP contribution in [-0.4, -0.2) is 4.98 Å². The van der Waals surface area contributed by atoms with Crippen LogP contribution in [0.3, 0.4) is 0 Å². The highest BCUT2D eigenvalue weighted by atomic mass is 19.1. The molecular formula is C13H12FNO. The van der Waals surface area contributed by atoms with Gasteiger partial charge >= 0.3 is 0 Å². The van der Waals surface area contributed by atoms with E-state index in [4.69, 9.17) is 0 Å². The molecule has 1 unspecified atom stereocenters. The number of aromatic amines is 1. The molecule has 2 nitrogen and oxygen atoms in total. The molecule has 3 heteroatoms. The van der Waals surface area contributed by atoms with Gasteiger partial charge in [0, 0.05) is 12.3 Å². The van der Waals surface area contributed by atoms with Gasteiger partial charge in [-0.25, -0.2) is 4.39 Å². The lowest BCUT2D eigenvalue weighted by Gasteiger charge is -2.04. The largest absolute Gasteiger partial charge is 0.329 e. The van der Waals surface area contributed by atoms with E-state index in [9.17, 15) is 9.18 Å². The number of pyridine rings is 1. The van der Waals surface area contributed by atoms with Crippen molar-refractivity contribution in [2.24, 2.45) is 0 Å². The summed E-state index contributed by atoms with van der Waals surface area (Å²) in [7, 11) is 0. The SMILES string of the molecule is CC(F)c1ccc(-c2cc[nH]c(=O)c2)cc1.